The van der Waals surface area contributed by atoms with Crippen LogP contribution in [0.5, 0.6) is 0 Å². The molecule has 30 heavy (non-hydrogen) atoms. The number of urea groups is 1. The molecule has 0 saturated carbocycles. The van der Waals surface area contributed by atoms with Gasteiger partial charge in [-0.1, -0.05) is 42.5 Å². The lowest BCUT2D eigenvalue weighted by atomic mass is 9.88. The smallest absolute Gasteiger partial charge is 0.325 e. The number of primary amides is 1. The van der Waals surface area contributed by atoms with Gasteiger partial charge in [0.25, 0.3) is 11.8 Å². The standard InChI is InChI=1S/C21H18N4O4S/c1-21(15-8-4-6-12-5-2-3-7-13(12)15)19(28)25(20(29)24-21)11-16(26)23-18-14(17(22)27)9-10-30-18/h2-10H,11H2,1H3,(H2,22,27)(H,23,26)(H,24,29). The van der Waals surface area contributed by atoms with E-state index in [2.05, 4.69) is 10.6 Å². The zero-order chi connectivity index (χ0) is 21.5. The van der Waals surface area contributed by atoms with Crippen molar-refractivity contribution >= 4 is 50.9 Å². The van der Waals surface area contributed by atoms with Crippen LogP contribution in [0, 0.1) is 0 Å². The van der Waals surface area contributed by atoms with Crippen molar-refractivity contribution in [2.24, 2.45) is 5.73 Å². The number of imide groups is 1. The van der Waals surface area contributed by atoms with Crippen LogP contribution in [0.4, 0.5) is 9.80 Å². The van der Waals surface area contributed by atoms with E-state index in [-0.39, 0.29) is 10.6 Å². The summed E-state index contributed by atoms with van der Waals surface area (Å²) in [6.45, 7) is 1.14. The zero-order valence-corrected chi connectivity index (χ0v) is 16.8. The topological polar surface area (TPSA) is 122 Å². The highest BCUT2D eigenvalue weighted by Gasteiger charge is 2.50. The highest BCUT2D eigenvalue weighted by atomic mass is 32.1. The number of amides is 5. The van der Waals surface area contributed by atoms with Crippen LogP contribution in [-0.4, -0.2) is 35.2 Å². The lowest BCUT2D eigenvalue weighted by Gasteiger charge is -2.24. The summed E-state index contributed by atoms with van der Waals surface area (Å²) in [5.41, 5.74) is 4.79. The Morgan fingerprint density at radius 2 is 1.87 bits per heavy atom. The summed E-state index contributed by atoms with van der Waals surface area (Å²) in [6.07, 6.45) is 0. The quantitative estimate of drug-likeness (QED) is 0.547. The minimum Gasteiger partial charge on any atom is -0.366 e. The molecule has 1 unspecified atom stereocenters. The largest absolute Gasteiger partial charge is 0.366 e. The third-order valence-corrected chi connectivity index (χ3v) is 5.92. The Balaban J connectivity index is 1.59. The molecule has 1 aliphatic heterocycles. The minimum absolute atomic E-state index is 0.172. The number of carbonyl (C=O) groups excluding carboxylic acids is 4. The number of hydrogen-bond acceptors (Lipinski definition) is 5. The Labute approximate surface area is 175 Å². The molecular weight excluding hydrogens is 404 g/mol. The van der Waals surface area contributed by atoms with Gasteiger partial charge in [-0.15, -0.1) is 11.3 Å². The van der Waals surface area contributed by atoms with Crippen LogP contribution in [0.15, 0.2) is 53.9 Å². The molecular formula is C21H18N4O4S. The molecule has 1 atom stereocenters. The molecule has 9 heteroatoms. The highest BCUT2D eigenvalue weighted by Crippen LogP contribution is 2.34. The Hall–Kier alpha value is -3.72. The fourth-order valence-corrected chi connectivity index (χ4v) is 4.40. The third kappa shape index (κ3) is 3.18. The van der Waals surface area contributed by atoms with Gasteiger partial charge < -0.3 is 16.4 Å². The van der Waals surface area contributed by atoms with Gasteiger partial charge in [-0.25, -0.2) is 4.79 Å². The molecule has 0 aliphatic carbocycles. The summed E-state index contributed by atoms with van der Waals surface area (Å²) in [5.74, 6) is -1.81. The zero-order valence-electron chi connectivity index (χ0n) is 16.0. The Kier molecular flexibility index (Phi) is 4.75. The van der Waals surface area contributed by atoms with Gasteiger partial charge in [0.05, 0.1) is 5.56 Å². The van der Waals surface area contributed by atoms with Crippen LogP contribution >= 0.6 is 11.3 Å². The van der Waals surface area contributed by atoms with Gasteiger partial charge in [-0.2, -0.15) is 0 Å². The number of hydrogen-bond donors (Lipinski definition) is 3. The van der Waals surface area contributed by atoms with E-state index in [1.165, 1.54) is 6.07 Å². The van der Waals surface area contributed by atoms with E-state index in [1.807, 2.05) is 36.4 Å². The van der Waals surface area contributed by atoms with Gasteiger partial charge in [0.15, 0.2) is 0 Å². The van der Waals surface area contributed by atoms with Crippen molar-refractivity contribution in [1.82, 2.24) is 10.2 Å². The lowest BCUT2D eigenvalue weighted by molar-refractivity contribution is -0.133. The first kappa shape index (κ1) is 19.6. The molecule has 1 aromatic heterocycles. The summed E-state index contributed by atoms with van der Waals surface area (Å²) in [7, 11) is 0. The van der Waals surface area contributed by atoms with Crippen LogP contribution < -0.4 is 16.4 Å². The number of nitrogens with zero attached hydrogens (tertiary/aromatic N) is 1. The first-order valence-electron chi connectivity index (χ1n) is 9.11. The molecule has 0 bridgehead atoms. The maximum Gasteiger partial charge on any atom is 0.325 e. The van der Waals surface area contributed by atoms with E-state index in [0.717, 1.165) is 27.0 Å². The fraction of sp³-hybridized carbons (Fsp3) is 0.143. The van der Waals surface area contributed by atoms with Gasteiger partial charge in [-0.3, -0.25) is 19.3 Å². The molecule has 4 rings (SSSR count). The van der Waals surface area contributed by atoms with Crippen molar-refractivity contribution in [2.45, 2.75) is 12.5 Å². The number of thiophene rings is 1. The molecule has 2 heterocycles. The van der Waals surface area contributed by atoms with Crippen molar-refractivity contribution in [3.8, 4) is 0 Å². The summed E-state index contributed by atoms with van der Waals surface area (Å²) in [6, 6.07) is 13.9. The van der Waals surface area contributed by atoms with Crippen LogP contribution in [0.1, 0.15) is 22.8 Å². The van der Waals surface area contributed by atoms with Gasteiger partial charge in [0.2, 0.25) is 5.91 Å². The number of nitrogens with two attached hydrogens (primary N) is 1. The lowest BCUT2D eigenvalue weighted by Crippen LogP contribution is -2.42. The van der Waals surface area contributed by atoms with E-state index < -0.39 is 35.8 Å². The maximum atomic E-state index is 13.2. The monoisotopic (exact) mass is 422 g/mol. The fourth-order valence-electron chi connectivity index (χ4n) is 3.59. The average molecular weight is 422 g/mol. The average Bonchev–Trinajstić information content (AvgIpc) is 3.26. The van der Waals surface area contributed by atoms with Gasteiger partial charge in [0.1, 0.15) is 17.1 Å². The summed E-state index contributed by atoms with van der Waals surface area (Å²) in [4.78, 5) is 50.5. The molecule has 0 spiro atoms. The predicted octanol–water partition coefficient (Wildman–Crippen LogP) is 2.41. The summed E-state index contributed by atoms with van der Waals surface area (Å²) < 4.78 is 0. The summed E-state index contributed by atoms with van der Waals surface area (Å²) in [5, 5.41) is 8.92. The van der Waals surface area contributed by atoms with Gasteiger partial charge in [-0.05, 0) is 34.7 Å². The van der Waals surface area contributed by atoms with Crippen LogP contribution in [0.2, 0.25) is 0 Å². The van der Waals surface area contributed by atoms with Crippen LogP contribution in [-0.2, 0) is 15.1 Å². The minimum atomic E-state index is -1.31. The normalized spacial score (nSPS) is 18.5. The number of fused-ring (bicyclic) bond motifs is 1. The number of carbonyl (C=O) groups is 4. The molecule has 152 valence electrons. The van der Waals surface area contributed by atoms with Crippen LogP contribution in [0.3, 0.4) is 0 Å². The third-order valence-electron chi connectivity index (χ3n) is 5.09. The molecule has 3 aromatic rings. The van der Waals surface area contributed by atoms with Crippen molar-refractivity contribution in [2.75, 3.05) is 11.9 Å². The number of rotatable bonds is 5. The molecule has 1 fully saturated rings. The van der Waals surface area contributed by atoms with E-state index in [0.29, 0.717) is 5.56 Å². The Bertz CT molecular complexity index is 1200. The molecule has 0 radical (unpaired) electrons. The van der Waals surface area contributed by atoms with Crippen LogP contribution in [0.25, 0.3) is 10.8 Å². The Morgan fingerprint density at radius 3 is 2.63 bits per heavy atom. The molecule has 1 aliphatic rings. The molecule has 2 aromatic carbocycles. The first-order chi connectivity index (χ1) is 14.3. The van der Waals surface area contributed by atoms with E-state index in [9.17, 15) is 19.2 Å². The van der Waals surface area contributed by atoms with Crippen molar-refractivity contribution < 1.29 is 19.2 Å². The van der Waals surface area contributed by atoms with E-state index in [4.69, 9.17) is 5.73 Å². The Morgan fingerprint density at radius 1 is 1.13 bits per heavy atom. The molecule has 8 nitrogen and oxygen atoms in total. The second-order valence-corrected chi connectivity index (χ2v) is 7.97. The predicted molar refractivity (Wildman–Crippen MR) is 113 cm³/mol. The van der Waals surface area contributed by atoms with Crippen molar-refractivity contribution in [1.29, 1.82) is 0 Å². The number of nitrogens with one attached hydrogen (secondary N) is 2. The maximum absolute atomic E-state index is 13.2. The van der Waals surface area contributed by atoms with Gasteiger partial charge >= 0.3 is 6.03 Å². The van der Waals surface area contributed by atoms with Crippen molar-refractivity contribution in [3.05, 3.63) is 65.0 Å². The van der Waals surface area contributed by atoms with Gasteiger partial charge in [0, 0.05) is 0 Å². The molecule has 5 amide bonds. The van der Waals surface area contributed by atoms with E-state index >= 15 is 0 Å². The van der Waals surface area contributed by atoms with E-state index in [1.54, 1.807) is 18.4 Å². The molecule has 4 N–H and O–H groups in total. The summed E-state index contributed by atoms with van der Waals surface area (Å²) >= 11 is 1.13. The highest BCUT2D eigenvalue weighted by molar-refractivity contribution is 7.14. The second kappa shape index (κ2) is 7.27. The number of anilines is 1. The number of benzene rings is 2. The SMILES string of the molecule is CC1(c2cccc3ccccc23)NC(=O)N(CC(=O)Nc2sccc2C(N)=O)C1=O. The van der Waals surface area contributed by atoms with Crippen molar-refractivity contribution in [3.63, 3.8) is 0 Å². The second-order valence-electron chi connectivity index (χ2n) is 7.05. The first-order valence-corrected chi connectivity index (χ1v) is 9.99. The molecule has 1 saturated heterocycles.